The summed E-state index contributed by atoms with van der Waals surface area (Å²) in [6.45, 7) is 0.167. The summed E-state index contributed by atoms with van der Waals surface area (Å²) in [5.74, 6) is 0.531. The van der Waals surface area contributed by atoms with Crippen molar-refractivity contribution < 1.29 is 18.7 Å². The van der Waals surface area contributed by atoms with Crippen molar-refractivity contribution in [2.75, 3.05) is 5.32 Å². The Kier molecular flexibility index (Phi) is 5.77. The molecule has 0 aliphatic heterocycles. The van der Waals surface area contributed by atoms with Gasteiger partial charge in [-0.05, 0) is 41.2 Å². The average molecular weight is 489 g/mol. The third-order valence-corrected chi connectivity index (χ3v) is 6.89. The van der Waals surface area contributed by atoms with Crippen molar-refractivity contribution in [3.63, 3.8) is 0 Å². The van der Waals surface area contributed by atoms with Crippen LogP contribution in [-0.4, -0.2) is 17.4 Å². The van der Waals surface area contributed by atoms with E-state index in [1.54, 1.807) is 18.5 Å². The van der Waals surface area contributed by atoms with E-state index in [-0.39, 0.29) is 12.0 Å². The third kappa shape index (κ3) is 4.49. The number of rotatable bonds is 7. The molecule has 0 saturated heterocycles. The highest BCUT2D eigenvalue weighted by molar-refractivity contribution is 6.04. The molecule has 0 unspecified atom stereocenters. The van der Waals surface area contributed by atoms with Crippen molar-refractivity contribution >= 4 is 29.0 Å². The predicted molar refractivity (Wildman–Crippen MR) is 142 cm³/mol. The van der Waals surface area contributed by atoms with Crippen LogP contribution in [0, 0.1) is 0 Å². The van der Waals surface area contributed by atoms with Crippen LogP contribution in [0.3, 0.4) is 0 Å². The number of anilines is 1. The molecule has 1 aliphatic carbocycles. The molecule has 6 rings (SSSR count). The normalized spacial score (nSPS) is 13.7. The maximum atomic E-state index is 12.7. The molecule has 37 heavy (non-hydrogen) atoms. The molecule has 6 nitrogen and oxygen atoms in total. The molecule has 0 bridgehead atoms. The van der Waals surface area contributed by atoms with Crippen LogP contribution in [0.5, 0.6) is 0 Å². The van der Waals surface area contributed by atoms with Gasteiger partial charge in [-0.15, -0.1) is 0 Å². The Balaban J connectivity index is 1.25. The summed E-state index contributed by atoms with van der Waals surface area (Å²) in [7, 11) is 0. The van der Waals surface area contributed by atoms with Crippen LogP contribution in [0.4, 0.5) is 10.5 Å². The molecule has 2 heterocycles. The number of furan rings is 1. The second-order valence-corrected chi connectivity index (χ2v) is 9.29. The first-order valence-electron chi connectivity index (χ1n) is 12.2. The van der Waals surface area contributed by atoms with E-state index < -0.39 is 6.09 Å². The van der Waals surface area contributed by atoms with Crippen LogP contribution in [0.2, 0.25) is 0 Å². The monoisotopic (exact) mass is 488 g/mol. The molecule has 0 radical (unpaired) electrons. The van der Waals surface area contributed by atoms with Crippen LogP contribution in [0.15, 0.2) is 102 Å². The Morgan fingerprint density at radius 1 is 0.919 bits per heavy atom. The van der Waals surface area contributed by atoms with Crippen LogP contribution < -0.4 is 5.32 Å². The SMILES string of the molecule is O=CC1(c2ccc(-c3ccc(-c4oc5cnccc5c4NC(=O)OCc4ccccc4)cc3)cc2)CC1. The number of hydrogen-bond acceptors (Lipinski definition) is 5. The van der Waals surface area contributed by atoms with Gasteiger partial charge in [-0.3, -0.25) is 10.3 Å². The molecule has 1 amide bonds. The van der Waals surface area contributed by atoms with Crippen molar-refractivity contribution in [2.45, 2.75) is 24.9 Å². The number of aldehydes is 1. The minimum Gasteiger partial charge on any atom is -0.452 e. The lowest BCUT2D eigenvalue weighted by atomic mass is 9.94. The Hall–Kier alpha value is -4.71. The maximum absolute atomic E-state index is 12.7. The fraction of sp³-hybridized carbons (Fsp3) is 0.129. The van der Waals surface area contributed by atoms with Crippen molar-refractivity contribution in [1.29, 1.82) is 0 Å². The molecular weight excluding hydrogens is 464 g/mol. The molecule has 6 heteroatoms. The van der Waals surface area contributed by atoms with Crippen LogP contribution in [-0.2, 0) is 21.6 Å². The van der Waals surface area contributed by atoms with E-state index in [0.29, 0.717) is 17.0 Å². The van der Waals surface area contributed by atoms with Crippen LogP contribution in [0.1, 0.15) is 24.0 Å². The van der Waals surface area contributed by atoms with Crippen molar-refractivity contribution in [3.8, 4) is 22.5 Å². The van der Waals surface area contributed by atoms with Gasteiger partial charge >= 0.3 is 6.09 Å². The highest BCUT2D eigenvalue weighted by atomic mass is 16.5. The Bertz CT molecular complexity index is 1570. The van der Waals surface area contributed by atoms with Gasteiger partial charge in [0.05, 0.1) is 17.3 Å². The summed E-state index contributed by atoms with van der Waals surface area (Å²) >= 11 is 0. The quantitative estimate of drug-likeness (QED) is 0.246. The molecule has 5 aromatic rings. The summed E-state index contributed by atoms with van der Waals surface area (Å²) < 4.78 is 11.5. The van der Waals surface area contributed by atoms with Crippen molar-refractivity contribution in [2.24, 2.45) is 0 Å². The van der Waals surface area contributed by atoms with Gasteiger partial charge in [-0.1, -0.05) is 78.9 Å². The second kappa shape index (κ2) is 9.39. The Morgan fingerprint density at radius 2 is 1.59 bits per heavy atom. The molecule has 0 spiro atoms. The number of aromatic nitrogens is 1. The van der Waals surface area contributed by atoms with Gasteiger partial charge in [-0.2, -0.15) is 0 Å². The fourth-order valence-electron chi connectivity index (χ4n) is 4.56. The number of hydrogen-bond donors (Lipinski definition) is 1. The average Bonchev–Trinajstić information content (AvgIpc) is 3.68. The lowest BCUT2D eigenvalue weighted by molar-refractivity contribution is -0.109. The van der Waals surface area contributed by atoms with Crippen molar-refractivity contribution in [3.05, 3.63) is 108 Å². The smallest absolute Gasteiger partial charge is 0.412 e. The molecule has 182 valence electrons. The summed E-state index contributed by atoms with van der Waals surface area (Å²) in [6.07, 6.45) is 5.64. The molecule has 1 N–H and O–H groups in total. The molecular formula is C31H24N2O4. The third-order valence-electron chi connectivity index (χ3n) is 6.89. The zero-order valence-corrected chi connectivity index (χ0v) is 20.0. The predicted octanol–water partition coefficient (Wildman–Crippen LogP) is 7.14. The Morgan fingerprint density at radius 3 is 2.27 bits per heavy atom. The number of nitrogens with zero attached hydrogens (tertiary/aromatic N) is 1. The van der Waals surface area contributed by atoms with Crippen molar-refractivity contribution in [1.82, 2.24) is 4.98 Å². The number of carbonyl (C=O) groups is 2. The van der Waals surface area contributed by atoms with Gasteiger partial charge in [0.15, 0.2) is 11.3 Å². The number of pyridine rings is 1. The summed E-state index contributed by atoms with van der Waals surface area (Å²) in [6, 6.07) is 27.5. The lowest BCUT2D eigenvalue weighted by Crippen LogP contribution is -2.13. The lowest BCUT2D eigenvalue weighted by Gasteiger charge is -2.10. The largest absolute Gasteiger partial charge is 0.452 e. The minimum atomic E-state index is -0.565. The highest BCUT2D eigenvalue weighted by Gasteiger charge is 2.44. The van der Waals surface area contributed by atoms with E-state index in [4.69, 9.17) is 9.15 Å². The number of carbonyl (C=O) groups excluding carboxylic acids is 2. The second-order valence-electron chi connectivity index (χ2n) is 9.29. The zero-order valence-electron chi connectivity index (χ0n) is 20.0. The minimum absolute atomic E-state index is 0.167. The van der Waals surface area contributed by atoms with E-state index in [9.17, 15) is 9.59 Å². The molecule has 0 atom stereocenters. The standard InChI is InChI=1S/C31H24N2O4/c34-20-31(15-16-31)25-12-10-23(11-13-25)22-6-8-24(9-7-22)29-28(26-14-17-32-18-27(26)37-29)33-30(35)36-19-21-4-2-1-3-5-21/h1-14,17-18,20H,15-16,19H2,(H,33,35). The van der Waals surface area contributed by atoms with Crippen LogP contribution >= 0.6 is 0 Å². The number of fused-ring (bicyclic) bond motifs is 1. The number of amides is 1. The van der Waals surface area contributed by atoms with E-state index >= 15 is 0 Å². The van der Waals surface area contributed by atoms with E-state index in [2.05, 4.69) is 22.4 Å². The van der Waals surface area contributed by atoms with E-state index in [1.165, 1.54) is 0 Å². The molecule has 2 aromatic heterocycles. The number of ether oxygens (including phenoxy) is 1. The maximum Gasteiger partial charge on any atom is 0.412 e. The van der Waals surface area contributed by atoms with Crippen LogP contribution in [0.25, 0.3) is 33.4 Å². The molecule has 1 aliphatic rings. The Labute approximate surface area is 213 Å². The molecule has 3 aromatic carbocycles. The highest BCUT2D eigenvalue weighted by Crippen LogP contribution is 2.46. The first kappa shape index (κ1) is 22.7. The van der Waals surface area contributed by atoms with Gasteiger partial charge in [0, 0.05) is 17.1 Å². The van der Waals surface area contributed by atoms with Gasteiger partial charge in [0.1, 0.15) is 12.9 Å². The summed E-state index contributed by atoms with van der Waals surface area (Å²) in [5.41, 5.74) is 5.73. The fourth-order valence-corrected chi connectivity index (χ4v) is 4.56. The molecule has 1 saturated carbocycles. The van der Waals surface area contributed by atoms with E-state index in [0.717, 1.165) is 52.3 Å². The van der Waals surface area contributed by atoms with Gasteiger partial charge in [0.2, 0.25) is 0 Å². The first-order chi connectivity index (χ1) is 18.1. The molecule has 1 fully saturated rings. The number of nitrogens with one attached hydrogen (secondary N) is 1. The summed E-state index contributed by atoms with van der Waals surface area (Å²) in [4.78, 5) is 28.2. The zero-order chi connectivity index (χ0) is 25.2. The summed E-state index contributed by atoms with van der Waals surface area (Å²) in [5, 5.41) is 3.61. The van der Waals surface area contributed by atoms with Gasteiger partial charge in [0.25, 0.3) is 0 Å². The topological polar surface area (TPSA) is 81.4 Å². The first-order valence-corrected chi connectivity index (χ1v) is 12.2. The number of benzene rings is 3. The van der Waals surface area contributed by atoms with Gasteiger partial charge < -0.3 is 13.9 Å². The van der Waals surface area contributed by atoms with E-state index in [1.807, 2.05) is 66.7 Å². The van der Waals surface area contributed by atoms with Gasteiger partial charge in [-0.25, -0.2) is 4.79 Å².